The highest BCUT2D eigenvalue weighted by Crippen LogP contribution is 2.31. The van der Waals surface area contributed by atoms with Gasteiger partial charge in [-0.15, -0.1) is 0 Å². The number of benzene rings is 1. The minimum Gasteiger partial charge on any atom is -0.497 e. The highest BCUT2D eigenvalue weighted by Gasteiger charge is 2.21. The molecule has 3 rings (SSSR count). The average molecular weight is 232 g/mol. The van der Waals surface area contributed by atoms with E-state index in [-0.39, 0.29) is 5.69 Å². The fraction of sp³-hybridized carbons (Fsp3) is 0.462. The van der Waals surface area contributed by atoms with Crippen LogP contribution in [0.1, 0.15) is 31.7 Å². The van der Waals surface area contributed by atoms with Crippen LogP contribution >= 0.6 is 0 Å². The van der Waals surface area contributed by atoms with Gasteiger partial charge in [-0.25, -0.2) is 4.79 Å². The lowest BCUT2D eigenvalue weighted by molar-refractivity contribution is 0.415. The van der Waals surface area contributed by atoms with Gasteiger partial charge in [0.05, 0.1) is 18.1 Å². The number of hydrogen-bond donors (Lipinski definition) is 1. The first kappa shape index (κ1) is 10.4. The quantitative estimate of drug-likeness (QED) is 0.864. The molecule has 1 aliphatic carbocycles. The Morgan fingerprint density at radius 1 is 1.35 bits per heavy atom. The van der Waals surface area contributed by atoms with Gasteiger partial charge in [0.25, 0.3) is 0 Å². The Labute approximate surface area is 99.2 Å². The van der Waals surface area contributed by atoms with Gasteiger partial charge in [0.2, 0.25) is 0 Å². The maximum Gasteiger partial charge on any atom is 0.326 e. The van der Waals surface area contributed by atoms with Crippen molar-refractivity contribution in [3.8, 4) is 5.75 Å². The standard InChI is InChI=1S/C13H16N2O2/c1-17-10-6-7-11-12(8-10)15(13(16)14-11)9-4-2-3-5-9/h6-9H,2-5H2,1H3,(H,14,16). The summed E-state index contributed by atoms with van der Waals surface area (Å²) in [6.45, 7) is 0. The Morgan fingerprint density at radius 2 is 2.12 bits per heavy atom. The number of ether oxygens (including phenoxy) is 1. The normalized spacial score (nSPS) is 16.8. The molecule has 90 valence electrons. The van der Waals surface area contributed by atoms with Gasteiger partial charge in [-0.2, -0.15) is 0 Å². The summed E-state index contributed by atoms with van der Waals surface area (Å²) in [6, 6.07) is 6.06. The summed E-state index contributed by atoms with van der Waals surface area (Å²) >= 11 is 0. The molecule has 4 heteroatoms. The molecule has 17 heavy (non-hydrogen) atoms. The lowest BCUT2D eigenvalue weighted by Gasteiger charge is -2.11. The molecule has 2 aromatic rings. The molecule has 0 amide bonds. The van der Waals surface area contributed by atoms with Crippen LogP contribution in [0.5, 0.6) is 5.75 Å². The molecule has 0 spiro atoms. The van der Waals surface area contributed by atoms with Gasteiger partial charge in [-0.05, 0) is 25.0 Å². The van der Waals surface area contributed by atoms with Crippen LogP contribution in [0.15, 0.2) is 23.0 Å². The third kappa shape index (κ3) is 1.64. The van der Waals surface area contributed by atoms with E-state index in [0.717, 1.165) is 29.6 Å². The second-order valence-electron chi connectivity index (χ2n) is 4.62. The summed E-state index contributed by atoms with van der Waals surface area (Å²) in [6.07, 6.45) is 4.63. The van der Waals surface area contributed by atoms with Crippen molar-refractivity contribution in [3.63, 3.8) is 0 Å². The van der Waals surface area contributed by atoms with E-state index in [1.165, 1.54) is 12.8 Å². The van der Waals surface area contributed by atoms with Gasteiger partial charge >= 0.3 is 5.69 Å². The van der Waals surface area contributed by atoms with Crippen molar-refractivity contribution in [2.75, 3.05) is 7.11 Å². The molecule has 0 unspecified atom stereocenters. The number of aromatic nitrogens is 2. The van der Waals surface area contributed by atoms with E-state index < -0.39 is 0 Å². The lowest BCUT2D eigenvalue weighted by Crippen LogP contribution is -2.20. The van der Waals surface area contributed by atoms with Crippen LogP contribution in [0.2, 0.25) is 0 Å². The summed E-state index contributed by atoms with van der Waals surface area (Å²) < 4.78 is 7.11. The van der Waals surface area contributed by atoms with Gasteiger partial charge < -0.3 is 9.72 Å². The van der Waals surface area contributed by atoms with Crippen molar-refractivity contribution in [3.05, 3.63) is 28.7 Å². The zero-order valence-electron chi connectivity index (χ0n) is 9.90. The smallest absolute Gasteiger partial charge is 0.326 e. The molecule has 0 aliphatic heterocycles. The third-order valence-corrected chi connectivity index (χ3v) is 3.61. The Morgan fingerprint density at radius 3 is 2.82 bits per heavy atom. The Balaban J connectivity index is 2.20. The van der Waals surface area contributed by atoms with E-state index in [2.05, 4.69) is 4.98 Å². The summed E-state index contributed by atoms with van der Waals surface area (Å²) in [7, 11) is 1.64. The van der Waals surface area contributed by atoms with E-state index in [9.17, 15) is 4.79 Å². The topological polar surface area (TPSA) is 47.0 Å². The van der Waals surface area contributed by atoms with Crippen LogP contribution in [0.3, 0.4) is 0 Å². The monoisotopic (exact) mass is 232 g/mol. The Kier molecular flexibility index (Phi) is 2.42. The van der Waals surface area contributed by atoms with Gasteiger partial charge in [-0.3, -0.25) is 4.57 Å². The molecule has 1 aromatic heterocycles. The Bertz CT molecular complexity index is 591. The first-order valence-corrected chi connectivity index (χ1v) is 6.08. The maximum atomic E-state index is 12.0. The van der Waals surface area contributed by atoms with Crippen LogP contribution in [-0.2, 0) is 0 Å². The third-order valence-electron chi connectivity index (χ3n) is 3.61. The largest absolute Gasteiger partial charge is 0.497 e. The second kappa shape index (κ2) is 3.95. The molecule has 1 N–H and O–H groups in total. The zero-order valence-corrected chi connectivity index (χ0v) is 9.90. The van der Waals surface area contributed by atoms with E-state index in [1.54, 1.807) is 7.11 Å². The van der Waals surface area contributed by atoms with Crippen molar-refractivity contribution in [1.82, 2.24) is 9.55 Å². The first-order chi connectivity index (χ1) is 8.29. The van der Waals surface area contributed by atoms with Crippen molar-refractivity contribution in [2.45, 2.75) is 31.7 Å². The van der Waals surface area contributed by atoms with Gasteiger partial charge in [0, 0.05) is 12.1 Å². The van der Waals surface area contributed by atoms with Crippen LogP contribution in [-0.4, -0.2) is 16.7 Å². The molecule has 1 saturated carbocycles. The first-order valence-electron chi connectivity index (χ1n) is 6.08. The van der Waals surface area contributed by atoms with Crippen molar-refractivity contribution < 1.29 is 4.74 Å². The number of hydrogen-bond acceptors (Lipinski definition) is 2. The molecule has 4 nitrogen and oxygen atoms in total. The fourth-order valence-corrected chi connectivity index (χ4v) is 2.75. The number of nitrogens with one attached hydrogen (secondary N) is 1. The maximum absolute atomic E-state index is 12.0. The number of methoxy groups -OCH3 is 1. The molecule has 1 heterocycles. The van der Waals surface area contributed by atoms with Gasteiger partial charge in [-0.1, -0.05) is 12.8 Å². The molecule has 0 atom stereocenters. The summed E-state index contributed by atoms with van der Waals surface area (Å²) in [5.41, 5.74) is 1.85. The number of imidazole rings is 1. The molecular weight excluding hydrogens is 216 g/mol. The average Bonchev–Trinajstić information content (AvgIpc) is 2.93. The SMILES string of the molecule is COc1ccc2[nH]c(=O)n(C3CCCC3)c2c1. The van der Waals surface area contributed by atoms with Crippen molar-refractivity contribution in [1.29, 1.82) is 0 Å². The number of aromatic amines is 1. The number of fused-ring (bicyclic) bond motifs is 1. The molecule has 1 fully saturated rings. The second-order valence-corrected chi connectivity index (χ2v) is 4.62. The molecule has 0 radical (unpaired) electrons. The zero-order chi connectivity index (χ0) is 11.8. The number of nitrogens with zero attached hydrogens (tertiary/aromatic N) is 1. The number of rotatable bonds is 2. The van der Waals surface area contributed by atoms with Crippen LogP contribution < -0.4 is 10.4 Å². The van der Waals surface area contributed by atoms with Crippen LogP contribution in [0.4, 0.5) is 0 Å². The number of H-pyrrole nitrogens is 1. The van der Waals surface area contributed by atoms with Crippen LogP contribution in [0.25, 0.3) is 11.0 Å². The van der Waals surface area contributed by atoms with E-state index >= 15 is 0 Å². The van der Waals surface area contributed by atoms with Gasteiger partial charge in [0.1, 0.15) is 5.75 Å². The molecule has 0 saturated heterocycles. The lowest BCUT2D eigenvalue weighted by atomic mass is 10.2. The molecule has 1 aromatic carbocycles. The van der Waals surface area contributed by atoms with E-state index in [4.69, 9.17) is 4.74 Å². The summed E-state index contributed by atoms with van der Waals surface area (Å²) in [4.78, 5) is 14.9. The molecular formula is C13H16N2O2. The highest BCUT2D eigenvalue weighted by atomic mass is 16.5. The van der Waals surface area contributed by atoms with Gasteiger partial charge in [0.15, 0.2) is 0 Å². The fourth-order valence-electron chi connectivity index (χ4n) is 2.75. The summed E-state index contributed by atoms with van der Waals surface area (Å²) in [5.74, 6) is 0.795. The minimum atomic E-state index is 0.000142. The Hall–Kier alpha value is -1.71. The minimum absolute atomic E-state index is 0.000142. The summed E-state index contributed by atoms with van der Waals surface area (Å²) in [5, 5.41) is 0. The molecule has 1 aliphatic rings. The van der Waals surface area contributed by atoms with Crippen molar-refractivity contribution >= 4 is 11.0 Å². The van der Waals surface area contributed by atoms with E-state index in [0.29, 0.717) is 6.04 Å². The molecule has 0 bridgehead atoms. The van der Waals surface area contributed by atoms with Crippen LogP contribution in [0, 0.1) is 0 Å². The van der Waals surface area contributed by atoms with Crippen molar-refractivity contribution in [2.24, 2.45) is 0 Å². The predicted octanol–water partition coefficient (Wildman–Crippen LogP) is 2.45. The van der Waals surface area contributed by atoms with E-state index in [1.807, 2.05) is 22.8 Å². The predicted molar refractivity (Wildman–Crippen MR) is 66.6 cm³/mol. The highest BCUT2D eigenvalue weighted by molar-refractivity contribution is 5.77.